The lowest BCUT2D eigenvalue weighted by Crippen LogP contribution is -2.32. The van der Waals surface area contributed by atoms with Crippen molar-refractivity contribution in [2.24, 2.45) is 0 Å². The first-order valence-electron chi connectivity index (χ1n) is 11.3. The number of ether oxygens (including phenoxy) is 1. The van der Waals surface area contributed by atoms with Crippen LogP contribution in [0.4, 0.5) is 18.9 Å². The van der Waals surface area contributed by atoms with Crippen LogP contribution in [0.2, 0.25) is 0 Å². The van der Waals surface area contributed by atoms with Crippen molar-refractivity contribution < 1.29 is 31.5 Å². The predicted molar refractivity (Wildman–Crippen MR) is 128 cm³/mol. The highest BCUT2D eigenvalue weighted by molar-refractivity contribution is 7.53. The molecule has 1 heterocycles. The number of nitrogen functional groups attached to an aromatic ring is 1. The van der Waals surface area contributed by atoms with Gasteiger partial charge >= 0.3 is 13.8 Å². The molecule has 4 rings (SSSR count). The van der Waals surface area contributed by atoms with Crippen molar-refractivity contribution in [1.29, 1.82) is 0 Å². The van der Waals surface area contributed by atoms with Gasteiger partial charge in [0.05, 0.1) is 18.3 Å². The average Bonchev–Trinajstić information content (AvgIpc) is 2.85. The number of hydrogen-bond acceptors (Lipinski definition) is 5. The normalized spacial score (nSPS) is 22.5. The zero-order valence-electron chi connectivity index (χ0n) is 19.2. The minimum absolute atomic E-state index is 0.189. The van der Waals surface area contributed by atoms with Gasteiger partial charge in [0.1, 0.15) is 11.9 Å². The fourth-order valence-electron chi connectivity index (χ4n) is 4.32. The van der Waals surface area contributed by atoms with E-state index in [1.807, 2.05) is 12.1 Å². The Kier molecular flexibility index (Phi) is 7.38. The Morgan fingerprint density at radius 3 is 2.34 bits per heavy atom. The standard InChI is InChI=1S/C26H27F3NO4P/c1-2-25(20-9-4-3-5-10-20,21-11-7-12-22(17-21)26(27,28)29)32-18-35(31)33-15-14-24(34-35)19-8-6-13-23(30)16-19/h3-13,16-17,24H,2,14-15,18,30H2,1H3. The molecule has 3 unspecified atom stereocenters. The number of rotatable bonds is 7. The van der Waals surface area contributed by atoms with Crippen LogP contribution < -0.4 is 5.73 Å². The van der Waals surface area contributed by atoms with E-state index >= 15 is 0 Å². The summed E-state index contributed by atoms with van der Waals surface area (Å²) in [6.07, 6.45) is -4.66. The van der Waals surface area contributed by atoms with Crippen molar-refractivity contribution in [2.75, 3.05) is 18.7 Å². The Hall–Kier alpha value is -2.64. The van der Waals surface area contributed by atoms with Crippen molar-refractivity contribution in [3.05, 3.63) is 101 Å². The molecule has 3 atom stereocenters. The molecule has 5 nitrogen and oxygen atoms in total. The first-order valence-corrected chi connectivity index (χ1v) is 13.0. The fourth-order valence-corrected chi connectivity index (χ4v) is 5.89. The Morgan fingerprint density at radius 1 is 0.971 bits per heavy atom. The molecule has 1 aliphatic rings. The Morgan fingerprint density at radius 2 is 1.66 bits per heavy atom. The van der Waals surface area contributed by atoms with Crippen LogP contribution >= 0.6 is 7.60 Å². The number of halogens is 3. The first-order chi connectivity index (χ1) is 16.7. The van der Waals surface area contributed by atoms with Crippen LogP contribution in [-0.4, -0.2) is 13.0 Å². The van der Waals surface area contributed by atoms with Crippen LogP contribution in [-0.2, 0) is 30.1 Å². The molecule has 3 aromatic carbocycles. The van der Waals surface area contributed by atoms with E-state index in [0.717, 1.165) is 17.7 Å². The summed E-state index contributed by atoms with van der Waals surface area (Å²) in [6.45, 7) is 2.00. The molecule has 186 valence electrons. The maximum Gasteiger partial charge on any atom is 0.416 e. The van der Waals surface area contributed by atoms with E-state index in [9.17, 15) is 17.7 Å². The van der Waals surface area contributed by atoms with E-state index in [-0.39, 0.29) is 13.0 Å². The summed E-state index contributed by atoms with van der Waals surface area (Å²) in [6, 6.07) is 21.1. The molecule has 0 aliphatic carbocycles. The second-order valence-electron chi connectivity index (χ2n) is 8.40. The molecule has 0 aromatic heterocycles. The number of alkyl halides is 3. The van der Waals surface area contributed by atoms with E-state index in [2.05, 4.69) is 0 Å². The lowest BCUT2D eigenvalue weighted by molar-refractivity contribution is -0.137. The third kappa shape index (κ3) is 5.62. The SMILES string of the molecule is CCC(OCP1(=O)OCCC(c2cccc(N)c2)O1)(c1ccccc1)c1cccc(C(F)(F)F)c1. The van der Waals surface area contributed by atoms with E-state index in [0.29, 0.717) is 23.2 Å². The van der Waals surface area contributed by atoms with E-state index in [4.69, 9.17) is 19.5 Å². The van der Waals surface area contributed by atoms with Gasteiger partial charge in [-0.25, -0.2) is 0 Å². The summed E-state index contributed by atoms with van der Waals surface area (Å²) in [5, 5.41) is 0. The highest BCUT2D eigenvalue weighted by Gasteiger charge is 2.41. The maximum absolute atomic E-state index is 13.6. The van der Waals surface area contributed by atoms with Gasteiger partial charge in [-0.1, -0.05) is 61.5 Å². The van der Waals surface area contributed by atoms with Gasteiger partial charge in [0.2, 0.25) is 0 Å². The Balaban J connectivity index is 1.66. The van der Waals surface area contributed by atoms with Gasteiger partial charge in [0, 0.05) is 12.1 Å². The summed E-state index contributed by atoms with van der Waals surface area (Å²) in [5.41, 5.74) is 6.07. The summed E-state index contributed by atoms with van der Waals surface area (Å²) in [4.78, 5) is 0. The van der Waals surface area contributed by atoms with Crippen molar-refractivity contribution >= 4 is 13.3 Å². The predicted octanol–water partition coefficient (Wildman–Crippen LogP) is 7.29. The Bertz CT molecular complexity index is 1200. The minimum atomic E-state index is -4.51. The molecule has 1 fully saturated rings. The molecule has 3 aromatic rings. The van der Waals surface area contributed by atoms with Crippen LogP contribution in [0.1, 0.15) is 48.1 Å². The number of anilines is 1. The summed E-state index contributed by atoms with van der Waals surface area (Å²) < 4.78 is 71.7. The molecule has 1 saturated heterocycles. The average molecular weight is 505 g/mol. The smallest absolute Gasteiger partial charge is 0.399 e. The van der Waals surface area contributed by atoms with Crippen LogP contribution in [0.15, 0.2) is 78.9 Å². The minimum Gasteiger partial charge on any atom is -0.399 e. The first kappa shape index (κ1) is 25.5. The molecule has 2 N–H and O–H groups in total. The lowest BCUT2D eigenvalue weighted by atomic mass is 9.83. The monoisotopic (exact) mass is 505 g/mol. The topological polar surface area (TPSA) is 70.8 Å². The van der Waals surface area contributed by atoms with Gasteiger partial charge in [-0.2, -0.15) is 13.2 Å². The third-order valence-corrected chi connectivity index (χ3v) is 7.70. The zero-order chi connectivity index (χ0) is 25.1. The van der Waals surface area contributed by atoms with Gasteiger partial charge in [0.25, 0.3) is 0 Å². The van der Waals surface area contributed by atoms with E-state index in [1.165, 1.54) is 6.07 Å². The zero-order valence-corrected chi connectivity index (χ0v) is 20.1. The van der Waals surface area contributed by atoms with Crippen molar-refractivity contribution in [3.8, 4) is 0 Å². The molecular weight excluding hydrogens is 478 g/mol. The van der Waals surface area contributed by atoms with E-state index in [1.54, 1.807) is 55.5 Å². The highest BCUT2D eigenvalue weighted by Crippen LogP contribution is 2.57. The molecule has 35 heavy (non-hydrogen) atoms. The van der Waals surface area contributed by atoms with E-state index < -0.39 is 37.4 Å². The second kappa shape index (κ2) is 10.2. The van der Waals surface area contributed by atoms with Crippen LogP contribution in [0.3, 0.4) is 0 Å². The van der Waals surface area contributed by atoms with Crippen LogP contribution in [0.5, 0.6) is 0 Å². The summed E-state index contributed by atoms with van der Waals surface area (Å²) in [5.74, 6) is 0. The van der Waals surface area contributed by atoms with Gasteiger partial charge in [-0.05, 0) is 47.4 Å². The van der Waals surface area contributed by atoms with Gasteiger partial charge in [-0.15, -0.1) is 0 Å². The highest BCUT2D eigenvalue weighted by atomic mass is 31.2. The third-order valence-electron chi connectivity index (χ3n) is 6.10. The van der Waals surface area contributed by atoms with Crippen molar-refractivity contribution in [3.63, 3.8) is 0 Å². The molecule has 0 saturated carbocycles. The molecule has 9 heteroatoms. The van der Waals surface area contributed by atoms with Crippen molar-refractivity contribution in [1.82, 2.24) is 0 Å². The summed E-state index contributed by atoms with van der Waals surface area (Å²) in [7, 11) is -3.73. The van der Waals surface area contributed by atoms with Gasteiger partial charge < -0.3 is 15.0 Å². The van der Waals surface area contributed by atoms with Crippen LogP contribution in [0, 0.1) is 0 Å². The Labute approximate surface area is 202 Å². The van der Waals surface area contributed by atoms with Crippen LogP contribution in [0.25, 0.3) is 0 Å². The maximum atomic E-state index is 13.6. The molecule has 0 spiro atoms. The number of benzene rings is 3. The fraction of sp³-hybridized carbons (Fsp3) is 0.308. The quantitative estimate of drug-likeness (QED) is 0.270. The molecule has 1 aliphatic heterocycles. The summed E-state index contributed by atoms with van der Waals surface area (Å²) >= 11 is 0. The molecule has 0 radical (unpaired) electrons. The number of hydrogen-bond donors (Lipinski definition) is 1. The van der Waals surface area contributed by atoms with Gasteiger partial charge in [-0.3, -0.25) is 9.09 Å². The largest absolute Gasteiger partial charge is 0.416 e. The van der Waals surface area contributed by atoms with Crippen molar-refractivity contribution in [2.45, 2.75) is 37.6 Å². The molecule has 0 amide bonds. The lowest BCUT2D eigenvalue weighted by Gasteiger charge is -2.37. The molecule has 0 bridgehead atoms. The van der Waals surface area contributed by atoms with Gasteiger partial charge in [0.15, 0.2) is 0 Å². The number of nitrogens with two attached hydrogens (primary N) is 1. The second-order valence-corrected chi connectivity index (χ2v) is 10.3. The molecular formula is C26H27F3NO4P.